The van der Waals surface area contributed by atoms with Crippen molar-refractivity contribution in [1.29, 1.82) is 0 Å². The summed E-state index contributed by atoms with van der Waals surface area (Å²) in [5.74, 6) is -0.554. The van der Waals surface area contributed by atoms with Crippen molar-refractivity contribution in [2.24, 2.45) is 5.10 Å². The van der Waals surface area contributed by atoms with E-state index in [-0.39, 0.29) is 11.3 Å². The van der Waals surface area contributed by atoms with Crippen molar-refractivity contribution in [1.82, 2.24) is 5.43 Å². The van der Waals surface area contributed by atoms with Gasteiger partial charge >= 0.3 is 0 Å². The number of hydrogen-bond acceptors (Lipinski definition) is 3. The Morgan fingerprint density at radius 2 is 1.79 bits per heavy atom. The number of amides is 1. The number of halogens is 1. The number of nitrogens with one attached hydrogen (secondary N) is 1. The quantitative estimate of drug-likeness (QED) is 0.518. The van der Waals surface area contributed by atoms with Crippen LogP contribution in [0.5, 0.6) is 5.75 Å². The second-order valence-electron chi connectivity index (χ2n) is 5.33. The number of phenols is 1. The van der Waals surface area contributed by atoms with Gasteiger partial charge in [-0.25, -0.2) is 5.43 Å². The number of aromatic hydroxyl groups is 1. The SMILES string of the molecule is C/C(=N/NC(=O)c1cc(Br)ccc1O)c1cccc2ccccc12. The number of phenolic OH excluding ortho intramolecular Hbond substituents is 1. The molecule has 0 saturated heterocycles. The number of hydrazone groups is 1. The molecule has 0 aliphatic rings. The van der Waals surface area contributed by atoms with E-state index in [0.29, 0.717) is 10.2 Å². The van der Waals surface area contributed by atoms with Crippen LogP contribution in [0.4, 0.5) is 0 Å². The van der Waals surface area contributed by atoms with E-state index < -0.39 is 5.91 Å². The molecule has 24 heavy (non-hydrogen) atoms. The summed E-state index contributed by atoms with van der Waals surface area (Å²) >= 11 is 3.28. The van der Waals surface area contributed by atoms with Crippen molar-refractivity contribution < 1.29 is 9.90 Å². The molecule has 3 aromatic rings. The Kier molecular flexibility index (Phi) is 4.62. The molecular formula is C19H15BrN2O2. The number of nitrogens with zero attached hydrogens (tertiary/aromatic N) is 1. The molecule has 0 aliphatic carbocycles. The highest BCUT2D eigenvalue weighted by molar-refractivity contribution is 9.10. The van der Waals surface area contributed by atoms with E-state index in [0.717, 1.165) is 16.3 Å². The summed E-state index contributed by atoms with van der Waals surface area (Å²) in [6.07, 6.45) is 0. The molecule has 0 radical (unpaired) electrons. The van der Waals surface area contributed by atoms with Crippen LogP contribution in [0, 0.1) is 0 Å². The lowest BCUT2D eigenvalue weighted by Gasteiger charge is -2.07. The van der Waals surface area contributed by atoms with Crippen molar-refractivity contribution in [3.8, 4) is 5.75 Å². The van der Waals surface area contributed by atoms with Crippen LogP contribution in [-0.4, -0.2) is 16.7 Å². The predicted molar refractivity (Wildman–Crippen MR) is 99.4 cm³/mol. The van der Waals surface area contributed by atoms with Gasteiger partial charge in [-0.3, -0.25) is 4.79 Å². The standard InChI is InChI=1S/C19H15BrN2O2/c1-12(15-8-4-6-13-5-2-3-7-16(13)15)21-22-19(24)17-11-14(20)9-10-18(17)23/h2-11,23H,1H3,(H,22,24)/b21-12-. The molecule has 3 aromatic carbocycles. The van der Waals surface area contributed by atoms with Crippen LogP contribution in [-0.2, 0) is 0 Å². The van der Waals surface area contributed by atoms with Gasteiger partial charge in [0.15, 0.2) is 0 Å². The maximum atomic E-state index is 12.2. The van der Waals surface area contributed by atoms with E-state index >= 15 is 0 Å². The van der Waals surface area contributed by atoms with Gasteiger partial charge < -0.3 is 5.11 Å². The maximum absolute atomic E-state index is 12.2. The summed E-state index contributed by atoms with van der Waals surface area (Å²) in [4.78, 5) is 12.2. The first kappa shape index (κ1) is 16.2. The lowest BCUT2D eigenvalue weighted by atomic mass is 10.0. The molecule has 0 aromatic heterocycles. The van der Waals surface area contributed by atoms with Gasteiger partial charge in [0.25, 0.3) is 5.91 Å². The van der Waals surface area contributed by atoms with E-state index in [4.69, 9.17) is 0 Å². The van der Waals surface area contributed by atoms with Crippen molar-refractivity contribution in [2.75, 3.05) is 0 Å². The van der Waals surface area contributed by atoms with Crippen LogP contribution in [0.2, 0.25) is 0 Å². The fraction of sp³-hybridized carbons (Fsp3) is 0.0526. The minimum Gasteiger partial charge on any atom is -0.507 e. The van der Waals surface area contributed by atoms with Gasteiger partial charge in [-0.05, 0) is 35.9 Å². The van der Waals surface area contributed by atoms with Gasteiger partial charge in [-0.15, -0.1) is 0 Å². The minimum atomic E-state index is -0.464. The van der Waals surface area contributed by atoms with Crippen LogP contribution in [0.1, 0.15) is 22.8 Å². The molecule has 0 heterocycles. The Bertz CT molecular complexity index is 946. The second kappa shape index (κ2) is 6.84. The first-order valence-corrected chi connectivity index (χ1v) is 8.17. The van der Waals surface area contributed by atoms with Crippen LogP contribution < -0.4 is 5.43 Å². The third-order valence-electron chi connectivity index (χ3n) is 3.71. The molecule has 0 saturated carbocycles. The average Bonchev–Trinajstić information content (AvgIpc) is 2.61. The summed E-state index contributed by atoms with van der Waals surface area (Å²) in [7, 11) is 0. The average molecular weight is 383 g/mol. The smallest absolute Gasteiger partial charge is 0.275 e. The molecule has 1 amide bonds. The summed E-state index contributed by atoms with van der Waals surface area (Å²) in [6, 6.07) is 18.6. The Hall–Kier alpha value is -2.66. The van der Waals surface area contributed by atoms with Gasteiger partial charge in [0, 0.05) is 10.0 Å². The maximum Gasteiger partial charge on any atom is 0.275 e. The van der Waals surface area contributed by atoms with E-state index in [1.807, 2.05) is 49.4 Å². The molecule has 0 atom stereocenters. The minimum absolute atomic E-state index is 0.0892. The first-order valence-electron chi connectivity index (χ1n) is 7.37. The molecular weight excluding hydrogens is 368 g/mol. The summed E-state index contributed by atoms with van der Waals surface area (Å²) < 4.78 is 0.709. The van der Waals surface area contributed by atoms with Gasteiger partial charge in [0.1, 0.15) is 5.75 Å². The Labute approximate surface area is 148 Å². The van der Waals surface area contributed by atoms with Crippen molar-refractivity contribution in [2.45, 2.75) is 6.92 Å². The van der Waals surface area contributed by atoms with Crippen molar-refractivity contribution in [3.05, 3.63) is 76.3 Å². The van der Waals surface area contributed by atoms with E-state index in [9.17, 15) is 9.90 Å². The molecule has 0 fully saturated rings. The Morgan fingerprint density at radius 3 is 2.62 bits per heavy atom. The number of carbonyl (C=O) groups excluding carboxylic acids is 1. The topological polar surface area (TPSA) is 61.7 Å². The third-order valence-corrected chi connectivity index (χ3v) is 4.20. The molecule has 120 valence electrons. The largest absolute Gasteiger partial charge is 0.507 e. The van der Waals surface area contributed by atoms with Crippen LogP contribution in [0.3, 0.4) is 0 Å². The summed E-state index contributed by atoms with van der Waals surface area (Å²) in [5, 5.41) is 16.2. The molecule has 0 bridgehead atoms. The Balaban J connectivity index is 1.88. The highest BCUT2D eigenvalue weighted by Crippen LogP contribution is 2.22. The van der Waals surface area contributed by atoms with Crippen LogP contribution >= 0.6 is 15.9 Å². The summed E-state index contributed by atoms with van der Waals surface area (Å²) in [6.45, 7) is 1.84. The Morgan fingerprint density at radius 1 is 1.04 bits per heavy atom. The first-order chi connectivity index (χ1) is 11.6. The number of fused-ring (bicyclic) bond motifs is 1. The molecule has 0 spiro atoms. The predicted octanol–water partition coefficient (Wildman–Crippen LogP) is 4.46. The third kappa shape index (κ3) is 3.31. The fourth-order valence-electron chi connectivity index (χ4n) is 2.49. The zero-order chi connectivity index (χ0) is 17.1. The van der Waals surface area contributed by atoms with Gasteiger partial charge in [-0.2, -0.15) is 5.10 Å². The molecule has 5 heteroatoms. The number of hydrogen-bond donors (Lipinski definition) is 2. The number of benzene rings is 3. The number of carbonyl (C=O) groups is 1. The van der Waals surface area contributed by atoms with Gasteiger partial charge in [0.05, 0.1) is 11.3 Å². The highest BCUT2D eigenvalue weighted by atomic mass is 79.9. The zero-order valence-corrected chi connectivity index (χ0v) is 14.5. The fourth-order valence-corrected chi connectivity index (χ4v) is 2.85. The normalized spacial score (nSPS) is 11.5. The molecule has 0 aliphatic heterocycles. The van der Waals surface area contributed by atoms with E-state index in [1.54, 1.807) is 12.1 Å². The molecule has 3 rings (SSSR count). The molecule has 2 N–H and O–H groups in total. The van der Waals surface area contributed by atoms with Crippen molar-refractivity contribution >= 4 is 38.3 Å². The number of rotatable bonds is 3. The van der Waals surface area contributed by atoms with E-state index in [1.165, 1.54) is 6.07 Å². The lowest BCUT2D eigenvalue weighted by molar-refractivity contribution is 0.0952. The van der Waals surface area contributed by atoms with E-state index in [2.05, 4.69) is 26.5 Å². The van der Waals surface area contributed by atoms with Gasteiger partial charge in [0.2, 0.25) is 0 Å². The lowest BCUT2D eigenvalue weighted by Crippen LogP contribution is -2.19. The zero-order valence-electron chi connectivity index (χ0n) is 13.0. The van der Waals surface area contributed by atoms with Crippen molar-refractivity contribution in [3.63, 3.8) is 0 Å². The summed E-state index contributed by atoms with van der Waals surface area (Å²) in [5.41, 5.74) is 4.30. The molecule has 4 nitrogen and oxygen atoms in total. The van der Waals surface area contributed by atoms with Crippen LogP contribution in [0.15, 0.2) is 70.2 Å². The highest BCUT2D eigenvalue weighted by Gasteiger charge is 2.11. The molecule has 0 unspecified atom stereocenters. The monoisotopic (exact) mass is 382 g/mol. The van der Waals surface area contributed by atoms with Crippen LogP contribution in [0.25, 0.3) is 10.8 Å². The van der Waals surface area contributed by atoms with Gasteiger partial charge in [-0.1, -0.05) is 58.4 Å². The second-order valence-corrected chi connectivity index (χ2v) is 6.24.